The lowest BCUT2D eigenvalue weighted by Crippen LogP contribution is -2.35. The zero-order chi connectivity index (χ0) is 23.3. The lowest BCUT2D eigenvalue weighted by Gasteiger charge is -2.25. The third-order valence-electron chi connectivity index (χ3n) is 5.49. The van der Waals surface area contributed by atoms with Gasteiger partial charge in [0.2, 0.25) is 5.91 Å². The molecule has 0 fully saturated rings. The molecule has 0 saturated heterocycles. The molecule has 6 heteroatoms. The van der Waals surface area contributed by atoms with Gasteiger partial charge in [-0.1, -0.05) is 50.2 Å². The molecule has 2 amide bonds. The van der Waals surface area contributed by atoms with Gasteiger partial charge in [0.05, 0.1) is 24.4 Å². The Morgan fingerprint density at radius 3 is 2.16 bits per heavy atom. The van der Waals surface area contributed by atoms with Crippen molar-refractivity contribution < 1.29 is 14.3 Å². The van der Waals surface area contributed by atoms with Crippen molar-refractivity contribution in [2.75, 3.05) is 33.1 Å². The second kappa shape index (κ2) is 10.3. The van der Waals surface area contributed by atoms with Gasteiger partial charge in [0.25, 0.3) is 5.91 Å². The Bertz CT molecular complexity index is 1090. The third kappa shape index (κ3) is 5.45. The molecule has 1 atom stereocenters. The van der Waals surface area contributed by atoms with Crippen molar-refractivity contribution >= 4 is 28.3 Å². The summed E-state index contributed by atoms with van der Waals surface area (Å²) in [7, 11) is 5.59. The van der Waals surface area contributed by atoms with E-state index in [4.69, 9.17) is 4.74 Å². The molecule has 0 aromatic heterocycles. The van der Waals surface area contributed by atoms with E-state index in [0.717, 1.165) is 22.1 Å². The number of hydrogen-bond acceptors (Lipinski definition) is 4. The molecule has 3 rings (SSSR count). The highest BCUT2D eigenvalue weighted by molar-refractivity contribution is 6.08. The number of rotatable bonds is 8. The summed E-state index contributed by atoms with van der Waals surface area (Å²) >= 11 is 0. The molecule has 168 valence electrons. The first-order valence-electron chi connectivity index (χ1n) is 10.7. The van der Waals surface area contributed by atoms with Gasteiger partial charge in [-0.15, -0.1) is 0 Å². The number of ether oxygens (including phenoxy) is 1. The van der Waals surface area contributed by atoms with Crippen molar-refractivity contribution in [1.29, 1.82) is 0 Å². The van der Waals surface area contributed by atoms with Gasteiger partial charge < -0.3 is 20.3 Å². The van der Waals surface area contributed by atoms with Gasteiger partial charge in [0.1, 0.15) is 5.75 Å². The minimum atomic E-state index is -0.227. The highest BCUT2D eigenvalue weighted by Gasteiger charge is 2.19. The van der Waals surface area contributed by atoms with Gasteiger partial charge in [-0.05, 0) is 54.7 Å². The largest absolute Gasteiger partial charge is 0.497 e. The number of nitrogens with one attached hydrogen (secondary N) is 2. The number of amides is 2. The van der Waals surface area contributed by atoms with Crippen LogP contribution >= 0.6 is 0 Å². The average Bonchev–Trinajstić information content (AvgIpc) is 2.78. The summed E-state index contributed by atoms with van der Waals surface area (Å²) in [5, 5.41) is 7.87. The molecular formula is C26H31N3O3. The van der Waals surface area contributed by atoms with Crippen LogP contribution in [0.25, 0.3) is 10.8 Å². The lowest BCUT2D eigenvalue weighted by molar-refractivity contribution is -0.118. The molecule has 0 aliphatic heterocycles. The van der Waals surface area contributed by atoms with Crippen molar-refractivity contribution in [2.45, 2.75) is 19.9 Å². The number of methoxy groups -OCH3 is 1. The molecule has 3 aromatic rings. The molecule has 1 unspecified atom stereocenters. The van der Waals surface area contributed by atoms with Gasteiger partial charge in [0.15, 0.2) is 0 Å². The van der Waals surface area contributed by atoms with Crippen LogP contribution in [0.1, 0.15) is 35.8 Å². The van der Waals surface area contributed by atoms with E-state index >= 15 is 0 Å². The molecule has 0 radical (unpaired) electrons. The van der Waals surface area contributed by atoms with E-state index in [2.05, 4.69) is 15.5 Å². The number of carbonyl (C=O) groups excluding carboxylic acids is 2. The summed E-state index contributed by atoms with van der Waals surface area (Å²) in [6.07, 6.45) is 0. The molecule has 32 heavy (non-hydrogen) atoms. The Hall–Kier alpha value is -3.38. The minimum Gasteiger partial charge on any atom is -0.497 e. The van der Waals surface area contributed by atoms with E-state index in [9.17, 15) is 9.59 Å². The molecular weight excluding hydrogens is 402 g/mol. The summed E-state index contributed by atoms with van der Waals surface area (Å²) in [6, 6.07) is 19.3. The molecule has 0 spiro atoms. The van der Waals surface area contributed by atoms with E-state index in [-0.39, 0.29) is 23.8 Å². The Morgan fingerprint density at radius 1 is 0.969 bits per heavy atom. The van der Waals surface area contributed by atoms with Gasteiger partial charge in [0, 0.05) is 12.5 Å². The van der Waals surface area contributed by atoms with E-state index < -0.39 is 0 Å². The predicted octanol–water partition coefficient (Wildman–Crippen LogP) is 4.48. The fourth-order valence-corrected chi connectivity index (χ4v) is 3.52. The summed E-state index contributed by atoms with van der Waals surface area (Å²) in [5.74, 6) is 0.247. The van der Waals surface area contributed by atoms with Crippen LogP contribution in [0.2, 0.25) is 0 Å². The van der Waals surface area contributed by atoms with E-state index in [1.54, 1.807) is 7.11 Å². The van der Waals surface area contributed by atoms with Crippen LogP contribution in [0.5, 0.6) is 5.75 Å². The van der Waals surface area contributed by atoms with Crippen LogP contribution in [-0.2, 0) is 4.79 Å². The van der Waals surface area contributed by atoms with Crippen LogP contribution < -0.4 is 15.4 Å². The first-order chi connectivity index (χ1) is 15.3. The quantitative estimate of drug-likeness (QED) is 0.550. The summed E-state index contributed by atoms with van der Waals surface area (Å²) in [4.78, 5) is 27.6. The normalized spacial score (nSPS) is 12.1. The van der Waals surface area contributed by atoms with Crippen molar-refractivity contribution in [3.8, 4) is 5.75 Å². The fraction of sp³-hybridized carbons (Fsp3) is 0.308. The molecule has 0 heterocycles. The third-order valence-corrected chi connectivity index (χ3v) is 5.49. The fourth-order valence-electron chi connectivity index (χ4n) is 3.52. The zero-order valence-corrected chi connectivity index (χ0v) is 19.3. The Kier molecular flexibility index (Phi) is 7.49. The maximum atomic E-state index is 13.2. The van der Waals surface area contributed by atoms with Gasteiger partial charge in [-0.2, -0.15) is 0 Å². The monoisotopic (exact) mass is 433 g/mol. The van der Waals surface area contributed by atoms with Gasteiger partial charge >= 0.3 is 0 Å². The van der Waals surface area contributed by atoms with Crippen molar-refractivity contribution in [2.24, 2.45) is 5.92 Å². The van der Waals surface area contributed by atoms with Gasteiger partial charge in [-0.25, -0.2) is 0 Å². The van der Waals surface area contributed by atoms with Crippen LogP contribution in [-0.4, -0.2) is 44.5 Å². The standard InChI is InChI=1S/C26H31N3O3/c1-17(2)25(30)28-23-15-20-9-7-6-8-19(20)14-22(23)26(31)27-16-24(29(3)4)18-10-12-21(32-5)13-11-18/h6-15,17,24H,16H2,1-5H3,(H,27,31)(H,28,30). The zero-order valence-electron chi connectivity index (χ0n) is 19.3. The van der Waals surface area contributed by atoms with E-state index in [1.165, 1.54) is 0 Å². The first-order valence-corrected chi connectivity index (χ1v) is 10.7. The highest BCUT2D eigenvalue weighted by Crippen LogP contribution is 2.26. The number of hydrogen-bond donors (Lipinski definition) is 2. The molecule has 0 saturated carbocycles. The Balaban J connectivity index is 1.86. The van der Waals surface area contributed by atoms with Crippen LogP contribution in [0.15, 0.2) is 60.7 Å². The number of likely N-dealkylation sites (N-methyl/N-ethyl adjacent to an activating group) is 1. The predicted molar refractivity (Wildman–Crippen MR) is 129 cm³/mol. The van der Waals surface area contributed by atoms with Crippen LogP contribution in [0, 0.1) is 5.92 Å². The first kappa shape index (κ1) is 23.3. The number of benzene rings is 3. The average molecular weight is 434 g/mol. The number of carbonyl (C=O) groups is 2. The summed E-state index contributed by atoms with van der Waals surface area (Å²) in [6.45, 7) is 4.07. The second-order valence-electron chi connectivity index (χ2n) is 8.35. The lowest BCUT2D eigenvalue weighted by atomic mass is 10.0. The maximum Gasteiger partial charge on any atom is 0.253 e. The molecule has 6 nitrogen and oxygen atoms in total. The van der Waals surface area contributed by atoms with Crippen molar-refractivity contribution in [1.82, 2.24) is 10.2 Å². The minimum absolute atomic E-state index is 0.0148. The molecule has 0 aliphatic carbocycles. The smallest absolute Gasteiger partial charge is 0.253 e. The molecule has 0 bridgehead atoms. The van der Waals surface area contributed by atoms with Crippen LogP contribution in [0.4, 0.5) is 5.69 Å². The molecule has 0 aliphatic rings. The Morgan fingerprint density at radius 2 is 1.59 bits per heavy atom. The van der Waals surface area contributed by atoms with E-state index in [1.807, 2.05) is 88.6 Å². The second-order valence-corrected chi connectivity index (χ2v) is 8.35. The summed E-state index contributed by atoms with van der Waals surface area (Å²) < 4.78 is 5.24. The topological polar surface area (TPSA) is 70.7 Å². The molecule has 3 aromatic carbocycles. The number of nitrogens with zero attached hydrogens (tertiary/aromatic N) is 1. The van der Waals surface area contributed by atoms with Crippen molar-refractivity contribution in [3.05, 3.63) is 71.8 Å². The Labute approximate surface area is 189 Å². The van der Waals surface area contributed by atoms with Crippen molar-refractivity contribution in [3.63, 3.8) is 0 Å². The summed E-state index contributed by atoms with van der Waals surface area (Å²) in [5.41, 5.74) is 2.04. The number of anilines is 1. The van der Waals surface area contributed by atoms with Crippen LogP contribution in [0.3, 0.4) is 0 Å². The highest BCUT2D eigenvalue weighted by atomic mass is 16.5. The maximum absolute atomic E-state index is 13.2. The molecule has 2 N–H and O–H groups in total. The van der Waals surface area contributed by atoms with Gasteiger partial charge in [-0.3, -0.25) is 9.59 Å². The number of fused-ring (bicyclic) bond motifs is 1. The SMILES string of the molecule is COc1ccc(C(CNC(=O)c2cc3ccccc3cc2NC(=O)C(C)C)N(C)C)cc1. The van der Waals surface area contributed by atoms with E-state index in [0.29, 0.717) is 17.8 Å².